The van der Waals surface area contributed by atoms with Gasteiger partial charge in [0.2, 0.25) is 0 Å². The molecule has 8 heteroatoms. The third kappa shape index (κ3) is 5.96. The van der Waals surface area contributed by atoms with Gasteiger partial charge in [-0.15, -0.1) is 35.3 Å². The minimum absolute atomic E-state index is 0. The summed E-state index contributed by atoms with van der Waals surface area (Å²) < 4.78 is 7.14. The molecule has 0 aliphatic heterocycles. The fraction of sp³-hybridized carbons (Fsp3) is 0.529. The van der Waals surface area contributed by atoms with Gasteiger partial charge in [-0.3, -0.25) is 9.67 Å². The first-order valence-electron chi connectivity index (χ1n) is 8.06. The van der Waals surface area contributed by atoms with Gasteiger partial charge in [-0.1, -0.05) is 0 Å². The highest BCUT2D eigenvalue weighted by atomic mass is 127. The van der Waals surface area contributed by atoms with E-state index in [-0.39, 0.29) is 24.0 Å². The zero-order valence-corrected chi connectivity index (χ0v) is 18.7. The number of ether oxygens (including phenoxy) is 1. The number of aliphatic imine (C=N–C) groups is 1. The minimum Gasteiger partial charge on any atom is -0.383 e. The van der Waals surface area contributed by atoms with Crippen molar-refractivity contribution in [2.24, 2.45) is 4.99 Å². The van der Waals surface area contributed by atoms with Crippen LogP contribution in [0.1, 0.15) is 27.4 Å². The van der Waals surface area contributed by atoms with E-state index in [1.165, 1.54) is 21.7 Å². The molecular formula is C17H28IN5OS. The largest absolute Gasteiger partial charge is 0.383 e. The van der Waals surface area contributed by atoms with Gasteiger partial charge in [0.05, 0.1) is 25.4 Å². The van der Waals surface area contributed by atoms with Gasteiger partial charge in [0.15, 0.2) is 5.96 Å². The number of methoxy groups -OCH3 is 1. The number of guanidine groups is 1. The number of nitrogens with one attached hydrogen (secondary N) is 2. The summed E-state index contributed by atoms with van der Waals surface area (Å²) in [6, 6.07) is 2.14. The molecule has 2 rings (SSSR count). The molecule has 0 unspecified atom stereocenters. The number of thiophene rings is 1. The SMILES string of the molecule is CN=C(NCc1sccc1C)NCc1c(C)nn(CCOC)c1C.I. The molecule has 0 atom stereocenters. The summed E-state index contributed by atoms with van der Waals surface area (Å²) in [6.45, 7) is 9.19. The van der Waals surface area contributed by atoms with Gasteiger partial charge >= 0.3 is 0 Å². The summed E-state index contributed by atoms with van der Waals surface area (Å²) in [4.78, 5) is 5.63. The molecule has 2 heterocycles. The molecule has 2 aromatic heterocycles. The number of aryl methyl sites for hydroxylation is 2. The number of aromatic nitrogens is 2. The molecule has 0 aliphatic carbocycles. The van der Waals surface area contributed by atoms with Gasteiger partial charge < -0.3 is 15.4 Å². The predicted octanol–water partition coefficient (Wildman–Crippen LogP) is 3.00. The van der Waals surface area contributed by atoms with Crippen molar-refractivity contribution in [3.63, 3.8) is 0 Å². The van der Waals surface area contributed by atoms with Crippen LogP contribution in [0.4, 0.5) is 0 Å². The van der Waals surface area contributed by atoms with Crippen molar-refractivity contribution >= 4 is 41.3 Å². The molecule has 0 aliphatic rings. The standard InChI is InChI=1S/C17H27N5OS.HI/c1-12-6-9-24-16(12)11-20-17(18-4)19-10-15-13(2)21-22(14(15)3)7-8-23-5;/h6,9H,7-8,10-11H2,1-5H3,(H2,18,19,20);1H. The third-order valence-corrected chi connectivity index (χ3v) is 5.10. The topological polar surface area (TPSA) is 63.5 Å². The van der Waals surface area contributed by atoms with E-state index < -0.39 is 0 Å². The molecule has 6 nitrogen and oxygen atoms in total. The number of rotatable bonds is 7. The van der Waals surface area contributed by atoms with Crippen molar-refractivity contribution in [1.29, 1.82) is 0 Å². The van der Waals surface area contributed by atoms with E-state index in [1.807, 2.05) is 11.6 Å². The molecule has 0 aromatic carbocycles. The highest BCUT2D eigenvalue weighted by Gasteiger charge is 2.12. The van der Waals surface area contributed by atoms with E-state index in [0.29, 0.717) is 13.2 Å². The van der Waals surface area contributed by atoms with Crippen LogP contribution in [0, 0.1) is 20.8 Å². The van der Waals surface area contributed by atoms with Crippen molar-refractivity contribution in [1.82, 2.24) is 20.4 Å². The van der Waals surface area contributed by atoms with E-state index in [1.54, 1.807) is 25.5 Å². The third-order valence-electron chi connectivity index (χ3n) is 4.08. The lowest BCUT2D eigenvalue weighted by Gasteiger charge is -2.12. The Bertz CT molecular complexity index is 695. The lowest BCUT2D eigenvalue weighted by atomic mass is 10.2. The molecule has 2 aromatic rings. The normalized spacial score (nSPS) is 11.3. The van der Waals surface area contributed by atoms with Gasteiger partial charge in [0.1, 0.15) is 0 Å². The van der Waals surface area contributed by atoms with Crippen molar-refractivity contribution in [3.8, 4) is 0 Å². The van der Waals surface area contributed by atoms with Crippen molar-refractivity contribution < 1.29 is 4.74 Å². The zero-order chi connectivity index (χ0) is 17.5. The summed E-state index contributed by atoms with van der Waals surface area (Å²) in [6.07, 6.45) is 0. The van der Waals surface area contributed by atoms with E-state index in [4.69, 9.17) is 4.74 Å². The zero-order valence-electron chi connectivity index (χ0n) is 15.5. The minimum atomic E-state index is 0. The highest BCUT2D eigenvalue weighted by molar-refractivity contribution is 14.0. The fourth-order valence-corrected chi connectivity index (χ4v) is 3.37. The first kappa shape index (κ1) is 21.9. The maximum atomic E-state index is 5.14. The smallest absolute Gasteiger partial charge is 0.191 e. The lowest BCUT2D eigenvalue weighted by molar-refractivity contribution is 0.182. The molecule has 0 saturated carbocycles. The number of halogens is 1. The van der Waals surface area contributed by atoms with Crippen LogP contribution in [0.15, 0.2) is 16.4 Å². The van der Waals surface area contributed by atoms with Gasteiger partial charge in [-0.2, -0.15) is 5.10 Å². The van der Waals surface area contributed by atoms with E-state index in [2.05, 4.69) is 46.0 Å². The maximum absolute atomic E-state index is 5.14. The van der Waals surface area contributed by atoms with Crippen LogP contribution >= 0.6 is 35.3 Å². The molecule has 0 radical (unpaired) electrons. The summed E-state index contributed by atoms with van der Waals surface area (Å²) in [5, 5.41) is 13.4. The van der Waals surface area contributed by atoms with Crippen molar-refractivity contribution in [2.45, 2.75) is 40.4 Å². The average Bonchev–Trinajstić information content (AvgIpc) is 3.10. The second-order valence-electron chi connectivity index (χ2n) is 5.67. The predicted molar refractivity (Wildman–Crippen MR) is 115 cm³/mol. The average molecular weight is 477 g/mol. The maximum Gasteiger partial charge on any atom is 0.191 e. The van der Waals surface area contributed by atoms with Crippen molar-refractivity contribution in [3.05, 3.63) is 38.8 Å². The number of nitrogens with zero attached hydrogens (tertiary/aromatic N) is 3. The summed E-state index contributed by atoms with van der Waals surface area (Å²) in [5.41, 5.74) is 4.73. The van der Waals surface area contributed by atoms with Crippen LogP contribution in [-0.2, 0) is 24.4 Å². The Kier molecular flexibility index (Phi) is 9.44. The quantitative estimate of drug-likeness (QED) is 0.366. The Morgan fingerprint density at radius 1 is 1.28 bits per heavy atom. The fourth-order valence-electron chi connectivity index (χ4n) is 2.53. The van der Waals surface area contributed by atoms with Crippen LogP contribution < -0.4 is 10.6 Å². The van der Waals surface area contributed by atoms with Crippen molar-refractivity contribution in [2.75, 3.05) is 20.8 Å². The summed E-state index contributed by atoms with van der Waals surface area (Å²) in [7, 11) is 3.50. The molecule has 0 bridgehead atoms. The molecular weight excluding hydrogens is 449 g/mol. The molecule has 0 fully saturated rings. The highest BCUT2D eigenvalue weighted by Crippen LogP contribution is 2.15. The first-order chi connectivity index (χ1) is 11.6. The Morgan fingerprint density at radius 3 is 2.60 bits per heavy atom. The summed E-state index contributed by atoms with van der Waals surface area (Å²) in [5.74, 6) is 0.797. The van der Waals surface area contributed by atoms with E-state index >= 15 is 0 Å². The molecule has 25 heavy (non-hydrogen) atoms. The van der Waals surface area contributed by atoms with Crippen LogP contribution in [0.2, 0.25) is 0 Å². The van der Waals surface area contributed by atoms with E-state index in [0.717, 1.165) is 24.7 Å². The molecule has 2 N–H and O–H groups in total. The van der Waals surface area contributed by atoms with Crippen LogP contribution in [0.25, 0.3) is 0 Å². The van der Waals surface area contributed by atoms with Gasteiger partial charge in [0, 0.05) is 36.8 Å². The number of hydrogen-bond donors (Lipinski definition) is 2. The van der Waals surface area contributed by atoms with Gasteiger partial charge in [0.25, 0.3) is 0 Å². The Morgan fingerprint density at radius 2 is 2.00 bits per heavy atom. The Balaban J connectivity index is 0.00000312. The molecule has 0 spiro atoms. The lowest BCUT2D eigenvalue weighted by Crippen LogP contribution is -2.36. The molecule has 0 saturated heterocycles. The monoisotopic (exact) mass is 477 g/mol. The van der Waals surface area contributed by atoms with Crippen LogP contribution in [0.5, 0.6) is 0 Å². The molecule has 0 amide bonds. The Hall–Kier alpha value is -1.13. The summed E-state index contributed by atoms with van der Waals surface area (Å²) >= 11 is 1.76. The van der Waals surface area contributed by atoms with E-state index in [9.17, 15) is 0 Å². The van der Waals surface area contributed by atoms with Crippen LogP contribution in [-0.4, -0.2) is 36.5 Å². The second kappa shape index (κ2) is 10.8. The first-order valence-corrected chi connectivity index (χ1v) is 8.94. The molecule has 140 valence electrons. The van der Waals surface area contributed by atoms with Gasteiger partial charge in [-0.05, 0) is 37.8 Å². The number of hydrogen-bond acceptors (Lipinski definition) is 4. The van der Waals surface area contributed by atoms with Gasteiger partial charge in [-0.25, -0.2) is 0 Å². The second-order valence-corrected chi connectivity index (χ2v) is 6.67. The Labute approximate surface area is 171 Å². The van der Waals surface area contributed by atoms with Crippen LogP contribution in [0.3, 0.4) is 0 Å².